The molecule has 164 valence electrons. The van der Waals surface area contributed by atoms with Crippen LogP contribution < -0.4 is 15.1 Å². The van der Waals surface area contributed by atoms with Crippen molar-refractivity contribution in [2.75, 3.05) is 55.7 Å². The molecule has 6 nitrogen and oxygen atoms in total. The number of aryl methyl sites for hydroxylation is 1. The normalized spacial score (nSPS) is 19.8. The lowest BCUT2D eigenvalue weighted by molar-refractivity contribution is 0.122. The van der Waals surface area contributed by atoms with Gasteiger partial charge in [-0.05, 0) is 42.5 Å². The summed E-state index contributed by atoms with van der Waals surface area (Å²) >= 11 is 0. The fraction of sp³-hybridized carbons (Fsp3) is 0.609. The number of hydrogen-bond donors (Lipinski definition) is 1. The van der Waals surface area contributed by atoms with Crippen LogP contribution in [-0.2, 0) is 18.3 Å². The summed E-state index contributed by atoms with van der Waals surface area (Å²) in [5, 5.41) is 8.56. The van der Waals surface area contributed by atoms with Gasteiger partial charge >= 0.3 is 0 Å². The van der Waals surface area contributed by atoms with Crippen molar-refractivity contribution >= 4 is 11.5 Å². The van der Waals surface area contributed by atoms with Gasteiger partial charge in [-0.1, -0.05) is 13.8 Å². The van der Waals surface area contributed by atoms with E-state index in [9.17, 15) is 4.39 Å². The molecule has 0 saturated carbocycles. The number of morpholine rings is 1. The summed E-state index contributed by atoms with van der Waals surface area (Å²) < 4.78 is 20.8. The van der Waals surface area contributed by atoms with E-state index < -0.39 is 0 Å². The van der Waals surface area contributed by atoms with Crippen LogP contribution in [0.15, 0.2) is 24.3 Å². The molecule has 1 aromatic heterocycles. The minimum absolute atomic E-state index is 0.176. The maximum absolute atomic E-state index is 13.2. The second-order valence-electron chi connectivity index (χ2n) is 8.77. The van der Waals surface area contributed by atoms with Gasteiger partial charge in [0.25, 0.3) is 0 Å². The Labute approximate surface area is 179 Å². The zero-order chi connectivity index (χ0) is 21.1. The Kier molecular flexibility index (Phi) is 6.58. The van der Waals surface area contributed by atoms with Crippen LogP contribution in [0.1, 0.15) is 37.4 Å². The molecule has 1 N–H and O–H groups in total. The third kappa shape index (κ3) is 4.62. The lowest BCUT2D eigenvalue weighted by atomic mass is 10.0. The number of anilines is 2. The van der Waals surface area contributed by atoms with Gasteiger partial charge in [0, 0.05) is 57.6 Å². The number of rotatable bonds is 7. The van der Waals surface area contributed by atoms with Crippen LogP contribution in [0, 0.1) is 11.7 Å². The summed E-state index contributed by atoms with van der Waals surface area (Å²) in [6.45, 7) is 11.7. The quantitative estimate of drug-likeness (QED) is 0.753. The highest BCUT2D eigenvalue weighted by Gasteiger charge is 2.26. The van der Waals surface area contributed by atoms with Gasteiger partial charge < -0.3 is 19.9 Å². The van der Waals surface area contributed by atoms with E-state index in [0.717, 1.165) is 64.6 Å². The molecule has 0 amide bonds. The van der Waals surface area contributed by atoms with Crippen LogP contribution >= 0.6 is 0 Å². The zero-order valence-electron chi connectivity index (χ0n) is 18.4. The Balaban J connectivity index is 1.38. The molecule has 0 spiro atoms. The summed E-state index contributed by atoms with van der Waals surface area (Å²) in [5.74, 6) is 2.04. The van der Waals surface area contributed by atoms with Crippen LogP contribution in [0.5, 0.6) is 0 Å². The summed E-state index contributed by atoms with van der Waals surface area (Å²) in [6, 6.07) is 6.85. The Morgan fingerprint density at radius 2 is 1.87 bits per heavy atom. The predicted molar refractivity (Wildman–Crippen MR) is 119 cm³/mol. The van der Waals surface area contributed by atoms with E-state index in [1.807, 2.05) is 16.8 Å². The van der Waals surface area contributed by atoms with Crippen molar-refractivity contribution in [2.24, 2.45) is 13.0 Å². The molecule has 1 unspecified atom stereocenters. The first-order chi connectivity index (χ1) is 14.5. The van der Waals surface area contributed by atoms with Gasteiger partial charge in [0.2, 0.25) is 0 Å². The number of aromatic nitrogens is 2. The molecule has 2 aromatic rings. The van der Waals surface area contributed by atoms with Gasteiger partial charge in [0.05, 0.1) is 18.9 Å². The molecule has 0 aliphatic carbocycles. The van der Waals surface area contributed by atoms with Crippen LogP contribution in [0.25, 0.3) is 0 Å². The van der Waals surface area contributed by atoms with Gasteiger partial charge in [-0.2, -0.15) is 5.10 Å². The van der Waals surface area contributed by atoms with Gasteiger partial charge in [-0.25, -0.2) is 4.39 Å². The standard InChI is InChI=1S/C23H34FN5O/c1-17(2)22-21(23(27(3)26-22)28-10-12-30-13-11-28)15-25-14-18-8-9-29(16-18)20-6-4-19(24)5-7-20/h4-7,17-18,25H,8-16H2,1-3H3. The minimum Gasteiger partial charge on any atom is -0.378 e. The molecule has 2 aliphatic rings. The fourth-order valence-electron chi connectivity index (χ4n) is 4.67. The molecule has 1 atom stereocenters. The Morgan fingerprint density at radius 1 is 1.13 bits per heavy atom. The molecular weight excluding hydrogens is 381 g/mol. The zero-order valence-corrected chi connectivity index (χ0v) is 18.4. The first-order valence-electron chi connectivity index (χ1n) is 11.1. The second-order valence-corrected chi connectivity index (χ2v) is 8.77. The largest absolute Gasteiger partial charge is 0.378 e. The van der Waals surface area contributed by atoms with Crippen LogP contribution in [0.2, 0.25) is 0 Å². The number of nitrogens with zero attached hydrogens (tertiary/aromatic N) is 4. The van der Waals surface area contributed by atoms with E-state index >= 15 is 0 Å². The number of benzene rings is 1. The second kappa shape index (κ2) is 9.35. The van der Waals surface area contributed by atoms with E-state index in [-0.39, 0.29) is 5.82 Å². The van der Waals surface area contributed by atoms with E-state index in [0.29, 0.717) is 11.8 Å². The monoisotopic (exact) mass is 415 g/mol. The topological polar surface area (TPSA) is 45.6 Å². The third-order valence-electron chi connectivity index (χ3n) is 6.21. The number of ether oxygens (including phenoxy) is 1. The highest BCUT2D eigenvalue weighted by atomic mass is 19.1. The molecule has 3 heterocycles. The van der Waals surface area contributed by atoms with Gasteiger partial charge in [-0.3, -0.25) is 4.68 Å². The summed E-state index contributed by atoms with van der Waals surface area (Å²) in [5.41, 5.74) is 3.62. The number of halogens is 1. The third-order valence-corrected chi connectivity index (χ3v) is 6.21. The highest BCUT2D eigenvalue weighted by Crippen LogP contribution is 2.29. The molecular formula is C23H34FN5O. The SMILES string of the molecule is CC(C)c1nn(C)c(N2CCOCC2)c1CNCC1CCN(c2ccc(F)cc2)C1. The molecule has 4 rings (SSSR count). The van der Waals surface area contributed by atoms with Crippen LogP contribution in [0.3, 0.4) is 0 Å². The van der Waals surface area contributed by atoms with Crippen molar-refractivity contribution in [3.63, 3.8) is 0 Å². The lowest BCUT2D eigenvalue weighted by Crippen LogP contribution is -2.38. The summed E-state index contributed by atoms with van der Waals surface area (Å²) in [6.07, 6.45) is 1.16. The van der Waals surface area contributed by atoms with E-state index in [1.54, 1.807) is 12.1 Å². The van der Waals surface area contributed by atoms with Crippen molar-refractivity contribution in [2.45, 2.75) is 32.7 Å². The van der Waals surface area contributed by atoms with Gasteiger partial charge in [-0.15, -0.1) is 0 Å². The van der Waals surface area contributed by atoms with E-state index in [4.69, 9.17) is 9.84 Å². The van der Waals surface area contributed by atoms with Crippen LogP contribution in [-0.4, -0.2) is 55.7 Å². The average Bonchev–Trinajstić information content (AvgIpc) is 3.34. The molecule has 2 saturated heterocycles. The minimum atomic E-state index is -0.176. The number of hydrogen-bond acceptors (Lipinski definition) is 5. The molecule has 0 radical (unpaired) electrons. The molecule has 1 aromatic carbocycles. The van der Waals surface area contributed by atoms with Crippen molar-refractivity contribution < 1.29 is 9.13 Å². The molecule has 7 heteroatoms. The Bertz CT molecular complexity index is 829. The fourth-order valence-corrected chi connectivity index (χ4v) is 4.67. The van der Waals surface area contributed by atoms with Crippen molar-refractivity contribution in [1.82, 2.24) is 15.1 Å². The van der Waals surface area contributed by atoms with E-state index in [2.05, 4.69) is 36.0 Å². The maximum Gasteiger partial charge on any atom is 0.131 e. The highest BCUT2D eigenvalue weighted by molar-refractivity contribution is 5.51. The van der Waals surface area contributed by atoms with E-state index in [1.165, 1.54) is 17.1 Å². The molecule has 30 heavy (non-hydrogen) atoms. The predicted octanol–water partition coefficient (Wildman–Crippen LogP) is 3.14. The molecule has 2 fully saturated rings. The maximum atomic E-state index is 13.2. The first-order valence-corrected chi connectivity index (χ1v) is 11.1. The van der Waals surface area contributed by atoms with Gasteiger partial charge in [0.1, 0.15) is 11.6 Å². The van der Waals surface area contributed by atoms with Crippen molar-refractivity contribution in [3.8, 4) is 0 Å². The smallest absolute Gasteiger partial charge is 0.131 e. The van der Waals surface area contributed by atoms with Gasteiger partial charge in [0.15, 0.2) is 0 Å². The average molecular weight is 416 g/mol. The van der Waals surface area contributed by atoms with Crippen molar-refractivity contribution in [3.05, 3.63) is 41.3 Å². The summed E-state index contributed by atoms with van der Waals surface area (Å²) in [4.78, 5) is 4.76. The number of nitrogens with one attached hydrogen (secondary N) is 1. The molecule has 2 aliphatic heterocycles. The molecule has 0 bridgehead atoms. The Morgan fingerprint density at radius 3 is 2.57 bits per heavy atom. The first kappa shape index (κ1) is 21.1. The van der Waals surface area contributed by atoms with Crippen LogP contribution in [0.4, 0.5) is 15.9 Å². The summed E-state index contributed by atoms with van der Waals surface area (Å²) in [7, 11) is 2.05. The van der Waals surface area contributed by atoms with Crippen molar-refractivity contribution in [1.29, 1.82) is 0 Å². The Hall–Kier alpha value is -2.12. The lowest BCUT2D eigenvalue weighted by Gasteiger charge is -2.29.